The number of nitrogens with zero attached hydrogens (tertiary/aromatic N) is 4. The number of likely N-dealkylation sites (N-methyl/N-ethyl adjacent to an activating group) is 1. The molecule has 0 radical (unpaired) electrons. The number of fused-ring (bicyclic) bond motifs is 1. The van der Waals surface area contributed by atoms with E-state index in [9.17, 15) is 18.3 Å². The monoisotopic (exact) mass is 681 g/mol. The standard InChI is InChI=1S/C38H43N5O5S/c1-6-42(21-22-44)30-17-18-32(28(4)25-30)39-36(38(45)41-31-13-8-7-12-27(31)3)37-40-33-14-9-10-15-35(33)49(46,47)43(37)20-11-23-48-34-19-16-26(2)24-29(34)5/h7-10,12-19,24-25,44H,6,11,20-23H2,1-5H3,(H,41,45). The zero-order valence-corrected chi connectivity index (χ0v) is 29.4. The number of sulfonamides is 1. The third-order valence-corrected chi connectivity index (χ3v) is 10.2. The first-order valence-electron chi connectivity index (χ1n) is 16.4. The van der Waals surface area contributed by atoms with Crippen LogP contribution in [0.2, 0.25) is 0 Å². The summed E-state index contributed by atoms with van der Waals surface area (Å²) in [5.74, 6) is 0.0547. The Morgan fingerprint density at radius 3 is 2.41 bits per heavy atom. The Kier molecular flexibility index (Phi) is 11.2. The second-order valence-electron chi connectivity index (χ2n) is 12.0. The highest BCUT2D eigenvalue weighted by Crippen LogP contribution is 2.34. The molecular formula is C38H43N5O5S. The number of rotatable bonds is 13. The van der Waals surface area contributed by atoms with Gasteiger partial charge >= 0.3 is 0 Å². The Morgan fingerprint density at radius 1 is 0.939 bits per heavy atom. The molecule has 0 aliphatic carbocycles. The molecular weight excluding hydrogens is 639 g/mol. The molecule has 256 valence electrons. The normalized spacial score (nSPS) is 13.8. The topological polar surface area (TPSA) is 124 Å². The average molecular weight is 682 g/mol. The largest absolute Gasteiger partial charge is 0.493 e. The van der Waals surface area contributed by atoms with E-state index in [1.165, 1.54) is 10.4 Å². The van der Waals surface area contributed by atoms with Gasteiger partial charge in [-0.15, -0.1) is 0 Å². The van der Waals surface area contributed by atoms with Crippen molar-refractivity contribution in [2.75, 3.05) is 43.1 Å². The van der Waals surface area contributed by atoms with E-state index in [1.54, 1.807) is 30.3 Å². The molecule has 0 unspecified atom stereocenters. The van der Waals surface area contributed by atoms with Crippen LogP contribution in [0.4, 0.5) is 22.7 Å². The maximum Gasteiger partial charge on any atom is 0.278 e. The predicted octanol–water partition coefficient (Wildman–Crippen LogP) is 6.65. The number of aliphatic hydroxyl groups excluding tert-OH is 1. The van der Waals surface area contributed by atoms with Crippen LogP contribution in [0.1, 0.15) is 35.6 Å². The van der Waals surface area contributed by atoms with E-state index in [1.807, 2.05) is 88.0 Å². The van der Waals surface area contributed by atoms with E-state index in [0.29, 0.717) is 30.9 Å². The van der Waals surface area contributed by atoms with Crippen molar-refractivity contribution in [3.8, 4) is 5.75 Å². The number of hydrogen-bond donors (Lipinski definition) is 2. The Balaban J connectivity index is 1.57. The summed E-state index contributed by atoms with van der Waals surface area (Å²) in [5.41, 5.74) is 5.75. The van der Waals surface area contributed by atoms with Crippen molar-refractivity contribution in [1.82, 2.24) is 4.31 Å². The number of aliphatic hydroxyl groups is 1. The van der Waals surface area contributed by atoms with Gasteiger partial charge in [0.05, 0.1) is 24.6 Å². The van der Waals surface area contributed by atoms with Crippen molar-refractivity contribution in [1.29, 1.82) is 0 Å². The van der Waals surface area contributed by atoms with Crippen LogP contribution in [0.15, 0.2) is 99.8 Å². The lowest BCUT2D eigenvalue weighted by Gasteiger charge is -2.30. The number of amides is 1. The first-order valence-corrected chi connectivity index (χ1v) is 17.8. The first kappa shape index (κ1) is 35.3. The van der Waals surface area contributed by atoms with Crippen molar-refractivity contribution in [3.63, 3.8) is 0 Å². The van der Waals surface area contributed by atoms with Crippen molar-refractivity contribution in [2.24, 2.45) is 9.98 Å². The maximum atomic E-state index is 14.2. The fraction of sp³-hybridized carbons (Fsp3) is 0.289. The molecule has 1 aliphatic rings. The summed E-state index contributed by atoms with van der Waals surface area (Å²) in [7, 11) is -4.12. The van der Waals surface area contributed by atoms with Gasteiger partial charge in [0.1, 0.15) is 10.6 Å². The van der Waals surface area contributed by atoms with Gasteiger partial charge in [-0.25, -0.2) is 22.7 Å². The first-order chi connectivity index (χ1) is 23.5. The van der Waals surface area contributed by atoms with Gasteiger partial charge in [0.25, 0.3) is 15.9 Å². The van der Waals surface area contributed by atoms with Gasteiger partial charge in [0, 0.05) is 37.4 Å². The van der Waals surface area contributed by atoms with Gasteiger partial charge in [-0.1, -0.05) is 48.0 Å². The predicted molar refractivity (Wildman–Crippen MR) is 197 cm³/mol. The van der Waals surface area contributed by atoms with Gasteiger partial charge in [-0.3, -0.25) is 4.79 Å². The van der Waals surface area contributed by atoms with Crippen LogP contribution in [-0.4, -0.2) is 68.1 Å². The molecule has 0 atom stereocenters. The molecule has 0 aromatic heterocycles. The molecule has 10 nitrogen and oxygen atoms in total. The summed E-state index contributed by atoms with van der Waals surface area (Å²) in [6.45, 7) is 11.2. The molecule has 0 bridgehead atoms. The molecule has 1 aliphatic heterocycles. The van der Waals surface area contributed by atoms with Crippen LogP contribution in [-0.2, 0) is 14.8 Å². The third kappa shape index (κ3) is 8.01. The van der Waals surface area contributed by atoms with Crippen LogP contribution in [0.5, 0.6) is 5.75 Å². The smallest absolute Gasteiger partial charge is 0.278 e. The Labute approximate surface area is 288 Å². The number of para-hydroxylation sites is 2. The molecule has 5 rings (SSSR count). The van der Waals surface area contributed by atoms with Crippen LogP contribution < -0.4 is 15.0 Å². The van der Waals surface area contributed by atoms with E-state index >= 15 is 0 Å². The number of ether oxygens (including phenoxy) is 1. The second kappa shape index (κ2) is 15.5. The highest BCUT2D eigenvalue weighted by Gasteiger charge is 2.38. The Morgan fingerprint density at radius 2 is 1.69 bits per heavy atom. The van der Waals surface area contributed by atoms with Crippen LogP contribution >= 0.6 is 0 Å². The number of carbonyl (C=O) groups excluding carboxylic acids is 1. The number of aryl methyl sites for hydroxylation is 4. The van der Waals surface area contributed by atoms with Gasteiger partial charge in [-0.05, 0) is 93.8 Å². The van der Waals surface area contributed by atoms with Crippen molar-refractivity contribution in [3.05, 3.63) is 107 Å². The molecule has 4 aromatic rings. The lowest BCUT2D eigenvalue weighted by Crippen LogP contribution is -2.47. The zero-order chi connectivity index (χ0) is 35.1. The van der Waals surface area contributed by atoms with Crippen LogP contribution in [0.25, 0.3) is 0 Å². The fourth-order valence-electron chi connectivity index (χ4n) is 5.69. The minimum Gasteiger partial charge on any atom is -0.493 e. The number of anilines is 2. The van der Waals surface area contributed by atoms with Gasteiger partial charge in [0.2, 0.25) is 0 Å². The van der Waals surface area contributed by atoms with E-state index in [4.69, 9.17) is 14.7 Å². The number of amidine groups is 1. The molecule has 0 spiro atoms. The highest BCUT2D eigenvalue weighted by atomic mass is 32.2. The third-order valence-electron chi connectivity index (χ3n) is 8.34. The van der Waals surface area contributed by atoms with E-state index in [0.717, 1.165) is 33.7 Å². The number of hydrogen-bond acceptors (Lipinski definition) is 8. The molecule has 0 fully saturated rings. The van der Waals surface area contributed by atoms with Gasteiger partial charge < -0.3 is 20.1 Å². The Hall–Kier alpha value is -5.00. The van der Waals surface area contributed by atoms with Crippen molar-refractivity contribution in [2.45, 2.75) is 45.9 Å². The highest BCUT2D eigenvalue weighted by molar-refractivity contribution is 7.90. The average Bonchev–Trinajstić information content (AvgIpc) is 3.07. The molecule has 0 saturated carbocycles. The maximum absolute atomic E-state index is 14.2. The van der Waals surface area contributed by atoms with Crippen LogP contribution in [0.3, 0.4) is 0 Å². The number of aliphatic imine (C=N–C) groups is 2. The summed E-state index contributed by atoms with van der Waals surface area (Å²) in [5, 5.41) is 12.5. The minimum atomic E-state index is -4.12. The quantitative estimate of drug-likeness (QED) is 0.120. The molecule has 1 heterocycles. The summed E-state index contributed by atoms with van der Waals surface area (Å²) in [6, 6.07) is 25.3. The van der Waals surface area contributed by atoms with E-state index in [2.05, 4.69) is 5.32 Å². The van der Waals surface area contributed by atoms with Crippen molar-refractivity contribution >= 4 is 50.2 Å². The number of carbonyl (C=O) groups is 1. The fourth-order valence-corrected chi connectivity index (χ4v) is 7.28. The second-order valence-corrected chi connectivity index (χ2v) is 13.8. The lowest BCUT2D eigenvalue weighted by molar-refractivity contribution is -0.110. The zero-order valence-electron chi connectivity index (χ0n) is 28.6. The van der Waals surface area contributed by atoms with E-state index in [-0.39, 0.29) is 41.9 Å². The molecule has 11 heteroatoms. The number of benzene rings is 4. The van der Waals surface area contributed by atoms with E-state index < -0.39 is 15.9 Å². The number of nitrogens with one attached hydrogen (secondary N) is 1. The SMILES string of the molecule is CCN(CCO)c1ccc(N=C(C(=O)Nc2ccccc2C)C2=Nc3ccccc3S(=O)(=O)N2CCCOc2ccc(C)cc2C)c(C)c1. The van der Waals surface area contributed by atoms with Gasteiger partial charge in [-0.2, -0.15) is 0 Å². The minimum absolute atomic E-state index is 0.00160. The van der Waals surface area contributed by atoms with Crippen LogP contribution in [0, 0.1) is 27.7 Å². The Bertz CT molecular complexity index is 2010. The summed E-state index contributed by atoms with van der Waals surface area (Å²) in [4.78, 5) is 25.9. The summed E-state index contributed by atoms with van der Waals surface area (Å²) >= 11 is 0. The molecule has 49 heavy (non-hydrogen) atoms. The van der Waals surface area contributed by atoms with Gasteiger partial charge in [0.15, 0.2) is 11.5 Å². The molecule has 0 saturated heterocycles. The van der Waals surface area contributed by atoms with Crippen molar-refractivity contribution < 1.29 is 23.1 Å². The molecule has 2 N–H and O–H groups in total. The summed E-state index contributed by atoms with van der Waals surface area (Å²) < 4.78 is 35.7. The molecule has 1 amide bonds. The lowest BCUT2D eigenvalue weighted by atomic mass is 10.1. The summed E-state index contributed by atoms with van der Waals surface area (Å²) in [6.07, 6.45) is 0.325. The molecule has 4 aromatic carbocycles.